The van der Waals surface area contributed by atoms with Gasteiger partial charge in [0.25, 0.3) is 0 Å². The Hall–Kier alpha value is -0.0800. The highest BCUT2D eigenvalue weighted by Crippen LogP contribution is 2.35. The monoisotopic (exact) mass is 196 g/mol. The van der Waals surface area contributed by atoms with E-state index in [-0.39, 0.29) is 0 Å². The zero-order valence-electron chi connectivity index (χ0n) is 9.79. The summed E-state index contributed by atoms with van der Waals surface area (Å²) in [5.74, 6) is 1.88. The molecule has 0 bridgehead atoms. The first-order chi connectivity index (χ1) is 6.68. The molecule has 1 saturated carbocycles. The lowest BCUT2D eigenvalue weighted by Crippen LogP contribution is -2.38. The van der Waals surface area contributed by atoms with E-state index in [1.54, 1.807) is 0 Å². The molecule has 2 rings (SSSR count). The fourth-order valence-electron chi connectivity index (χ4n) is 2.64. The predicted molar refractivity (Wildman–Crippen MR) is 60.4 cm³/mol. The highest BCUT2D eigenvalue weighted by molar-refractivity contribution is 4.87. The molecule has 0 aromatic rings. The van der Waals surface area contributed by atoms with Crippen molar-refractivity contribution in [3.05, 3.63) is 0 Å². The normalized spacial score (nSPS) is 35.1. The van der Waals surface area contributed by atoms with Gasteiger partial charge in [-0.25, -0.2) is 0 Å². The van der Waals surface area contributed by atoms with Crippen LogP contribution in [0.2, 0.25) is 0 Å². The molecular weight excluding hydrogens is 172 g/mol. The number of rotatable bonds is 4. The van der Waals surface area contributed by atoms with E-state index in [9.17, 15) is 0 Å². The fourth-order valence-corrected chi connectivity index (χ4v) is 2.64. The highest BCUT2D eigenvalue weighted by atomic mass is 15.1. The molecule has 14 heavy (non-hydrogen) atoms. The Morgan fingerprint density at radius 2 is 2.07 bits per heavy atom. The van der Waals surface area contributed by atoms with Crippen LogP contribution < -0.4 is 5.32 Å². The lowest BCUT2D eigenvalue weighted by Gasteiger charge is -2.28. The van der Waals surface area contributed by atoms with E-state index in [1.807, 2.05) is 0 Å². The predicted octanol–water partition coefficient (Wildman–Crippen LogP) is 1.71. The zero-order chi connectivity index (χ0) is 10.1. The second-order valence-electron chi connectivity index (χ2n) is 5.31. The van der Waals surface area contributed by atoms with Crippen LogP contribution >= 0.6 is 0 Å². The van der Waals surface area contributed by atoms with Gasteiger partial charge in [0.1, 0.15) is 0 Å². The summed E-state index contributed by atoms with van der Waals surface area (Å²) in [4.78, 5) is 2.58. The lowest BCUT2D eigenvalue weighted by molar-refractivity contribution is 0.194. The Labute approximate surface area is 88.1 Å². The Bertz CT molecular complexity index is 189. The Morgan fingerprint density at radius 1 is 1.36 bits per heavy atom. The molecule has 1 aliphatic heterocycles. The molecule has 0 aromatic carbocycles. The van der Waals surface area contributed by atoms with Gasteiger partial charge < -0.3 is 10.2 Å². The van der Waals surface area contributed by atoms with Crippen LogP contribution in [0.15, 0.2) is 0 Å². The molecule has 2 nitrogen and oxygen atoms in total. The van der Waals surface area contributed by atoms with Gasteiger partial charge in [-0.05, 0) is 58.5 Å². The van der Waals surface area contributed by atoms with Crippen LogP contribution in [0.5, 0.6) is 0 Å². The van der Waals surface area contributed by atoms with Gasteiger partial charge in [0.15, 0.2) is 0 Å². The second kappa shape index (κ2) is 4.19. The molecule has 2 aliphatic rings. The Balaban J connectivity index is 1.77. The van der Waals surface area contributed by atoms with Crippen LogP contribution in [-0.2, 0) is 0 Å². The van der Waals surface area contributed by atoms with Crippen LogP contribution in [0, 0.1) is 11.8 Å². The average molecular weight is 196 g/mol. The van der Waals surface area contributed by atoms with Gasteiger partial charge in [-0.15, -0.1) is 0 Å². The third kappa shape index (κ3) is 2.29. The standard InChI is InChI=1S/C12H24N2/c1-9-12(6-7-13-9)8-14(3)10(2)11-4-5-11/h9-13H,4-8H2,1-3H3. The van der Waals surface area contributed by atoms with Crippen molar-refractivity contribution in [3.63, 3.8) is 0 Å². The van der Waals surface area contributed by atoms with Crippen molar-refractivity contribution in [2.24, 2.45) is 11.8 Å². The van der Waals surface area contributed by atoms with Crippen molar-refractivity contribution in [1.29, 1.82) is 0 Å². The van der Waals surface area contributed by atoms with Crippen LogP contribution in [-0.4, -0.2) is 37.1 Å². The van der Waals surface area contributed by atoms with E-state index in [0.717, 1.165) is 23.9 Å². The van der Waals surface area contributed by atoms with Crippen LogP contribution in [0.3, 0.4) is 0 Å². The number of hydrogen-bond donors (Lipinski definition) is 1. The van der Waals surface area contributed by atoms with Crippen LogP contribution in [0.4, 0.5) is 0 Å². The SMILES string of the molecule is CC1NCCC1CN(C)C(C)C1CC1. The minimum Gasteiger partial charge on any atom is -0.314 e. The maximum atomic E-state index is 3.53. The molecule has 1 saturated heterocycles. The summed E-state index contributed by atoms with van der Waals surface area (Å²) in [6, 6.07) is 1.53. The first-order valence-corrected chi connectivity index (χ1v) is 6.12. The fraction of sp³-hybridized carbons (Fsp3) is 1.00. The molecule has 82 valence electrons. The third-order valence-electron chi connectivity index (χ3n) is 4.21. The molecule has 1 N–H and O–H groups in total. The van der Waals surface area contributed by atoms with Crippen LogP contribution in [0.25, 0.3) is 0 Å². The third-order valence-corrected chi connectivity index (χ3v) is 4.21. The summed E-state index contributed by atoms with van der Waals surface area (Å²) < 4.78 is 0. The van der Waals surface area contributed by atoms with Crippen molar-refractivity contribution >= 4 is 0 Å². The molecule has 3 unspecified atom stereocenters. The molecule has 2 fully saturated rings. The van der Waals surface area contributed by atoms with E-state index < -0.39 is 0 Å². The minimum atomic E-state index is 0.726. The number of hydrogen-bond acceptors (Lipinski definition) is 2. The maximum Gasteiger partial charge on any atom is 0.00922 e. The van der Waals surface area contributed by atoms with Gasteiger partial charge >= 0.3 is 0 Å². The number of nitrogens with one attached hydrogen (secondary N) is 1. The first-order valence-electron chi connectivity index (χ1n) is 6.12. The smallest absolute Gasteiger partial charge is 0.00922 e. The largest absolute Gasteiger partial charge is 0.314 e. The molecule has 2 heteroatoms. The molecular formula is C12H24N2. The average Bonchev–Trinajstić information content (AvgIpc) is 2.92. The topological polar surface area (TPSA) is 15.3 Å². The van der Waals surface area contributed by atoms with Crippen molar-refractivity contribution in [2.75, 3.05) is 20.1 Å². The van der Waals surface area contributed by atoms with Gasteiger partial charge in [0.05, 0.1) is 0 Å². The number of nitrogens with zero attached hydrogens (tertiary/aromatic N) is 1. The molecule has 0 amide bonds. The molecule has 3 atom stereocenters. The van der Waals surface area contributed by atoms with Gasteiger partial charge in [-0.2, -0.15) is 0 Å². The Kier molecular flexibility index (Phi) is 3.13. The Morgan fingerprint density at radius 3 is 2.57 bits per heavy atom. The summed E-state index contributed by atoms with van der Waals surface area (Å²) in [7, 11) is 2.30. The minimum absolute atomic E-state index is 0.726. The van der Waals surface area contributed by atoms with Crippen molar-refractivity contribution in [1.82, 2.24) is 10.2 Å². The first kappa shape index (κ1) is 10.4. The van der Waals surface area contributed by atoms with Crippen molar-refractivity contribution in [2.45, 2.75) is 45.2 Å². The second-order valence-corrected chi connectivity index (χ2v) is 5.31. The summed E-state index contributed by atoms with van der Waals surface area (Å²) >= 11 is 0. The van der Waals surface area contributed by atoms with Crippen molar-refractivity contribution in [3.8, 4) is 0 Å². The summed E-state index contributed by atoms with van der Waals surface area (Å²) in [6.45, 7) is 7.22. The summed E-state index contributed by atoms with van der Waals surface area (Å²) in [5.41, 5.74) is 0. The van der Waals surface area contributed by atoms with Gasteiger partial charge in [-0.1, -0.05) is 0 Å². The van der Waals surface area contributed by atoms with Gasteiger partial charge in [0.2, 0.25) is 0 Å². The molecule has 1 aliphatic carbocycles. The quantitative estimate of drug-likeness (QED) is 0.736. The van der Waals surface area contributed by atoms with E-state index in [4.69, 9.17) is 0 Å². The van der Waals surface area contributed by atoms with E-state index in [2.05, 4.69) is 31.1 Å². The van der Waals surface area contributed by atoms with E-state index in [1.165, 1.54) is 32.4 Å². The van der Waals surface area contributed by atoms with E-state index in [0.29, 0.717) is 0 Å². The highest BCUT2D eigenvalue weighted by Gasteiger charge is 2.32. The van der Waals surface area contributed by atoms with Gasteiger partial charge in [-0.3, -0.25) is 0 Å². The summed E-state index contributed by atoms with van der Waals surface area (Å²) in [6.07, 6.45) is 4.29. The summed E-state index contributed by atoms with van der Waals surface area (Å²) in [5, 5.41) is 3.53. The van der Waals surface area contributed by atoms with Crippen molar-refractivity contribution < 1.29 is 0 Å². The van der Waals surface area contributed by atoms with Crippen LogP contribution in [0.1, 0.15) is 33.1 Å². The zero-order valence-corrected chi connectivity index (χ0v) is 9.79. The molecule has 1 heterocycles. The maximum absolute atomic E-state index is 3.53. The molecule has 0 radical (unpaired) electrons. The van der Waals surface area contributed by atoms with E-state index >= 15 is 0 Å². The lowest BCUT2D eigenvalue weighted by atomic mass is 10.0. The molecule has 0 spiro atoms. The van der Waals surface area contributed by atoms with Gasteiger partial charge in [0, 0.05) is 18.6 Å². The molecule has 0 aromatic heterocycles.